The van der Waals surface area contributed by atoms with Gasteiger partial charge in [-0.2, -0.15) is 9.50 Å². The molecule has 3 heterocycles. The predicted octanol–water partition coefficient (Wildman–Crippen LogP) is 1.95. The topological polar surface area (TPSA) is 111 Å². The van der Waals surface area contributed by atoms with Crippen molar-refractivity contribution in [2.75, 3.05) is 5.73 Å². The molecule has 1 atom stereocenters. The Morgan fingerprint density at radius 1 is 1.32 bits per heavy atom. The first-order valence-corrected chi connectivity index (χ1v) is 8.11. The molecule has 0 radical (unpaired) electrons. The van der Waals surface area contributed by atoms with Gasteiger partial charge in [-0.15, -0.1) is 5.10 Å². The lowest BCUT2D eigenvalue weighted by atomic mass is 10.1. The van der Waals surface area contributed by atoms with Crippen molar-refractivity contribution in [3.63, 3.8) is 0 Å². The Labute approximate surface area is 145 Å². The van der Waals surface area contributed by atoms with Crippen molar-refractivity contribution in [3.05, 3.63) is 40.1 Å². The first kappa shape index (κ1) is 16.9. The molecule has 0 aromatic carbocycles. The van der Waals surface area contributed by atoms with Crippen LogP contribution in [0.4, 0.5) is 5.95 Å². The van der Waals surface area contributed by atoms with E-state index in [1.54, 1.807) is 4.52 Å². The fourth-order valence-electron chi connectivity index (χ4n) is 3.09. The van der Waals surface area contributed by atoms with Crippen LogP contribution in [0, 0.1) is 27.7 Å². The highest BCUT2D eigenvalue weighted by atomic mass is 16.3. The van der Waals surface area contributed by atoms with Gasteiger partial charge in [-0.3, -0.25) is 4.79 Å². The van der Waals surface area contributed by atoms with Crippen LogP contribution in [-0.4, -0.2) is 25.5 Å². The van der Waals surface area contributed by atoms with Gasteiger partial charge in [0, 0.05) is 22.5 Å². The van der Waals surface area contributed by atoms with Crippen LogP contribution < -0.4 is 11.1 Å². The minimum atomic E-state index is -0.135. The highest BCUT2D eigenvalue weighted by Crippen LogP contribution is 2.21. The highest BCUT2D eigenvalue weighted by Gasteiger charge is 2.18. The van der Waals surface area contributed by atoms with E-state index >= 15 is 0 Å². The monoisotopic (exact) mass is 342 g/mol. The molecular formula is C17H22N6O2. The summed E-state index contributed by atoms with van der Waals surface area (Å²) < 4.78 is 7.10. The van der Waals surface area contributed by atoms with Crippen LogP contribution in [0.15, 0.2) is 10.5 Å². The molecule has 25 heavy (non-hydrogen) atoms. The second-order valence-electron chi connectivity index (χ2n) is 6.28. The maximum absolute atomic E-state index is 12.5. The number of aromatic nitrogens is 4. The number of nitrogens with two attached hydrogens (primary N) is 1. The van der Waals surface area contributed by atoms with Crippen molar-refractivity contribution in [3.8, 4) is 0 Å². The molecule has 132 valence electrons. The maximum Gasteiger partial charge on any atom is 0.254 e. The maximum atomic E-state index is 12.5. The zero-order chi connectivity index (χ0) is 18.3. The highest BCUT2D eigenvalue weighted by molar-refractivity contribution is 5.79. The molecule has 1 unspecified atom stereocenters. The number of fused-ring (bicyclic) bond motifs is 1. The number of aryl methyl sites for hydroxylation is 4. The Morgan fingerprint density at radius 3 is 2.68 bits per heavy atom. The number of nitrogens with zero attached hydrogens (tertiary/aromatic N) is 4. The molecule has 0 bridgehead atoms. The third-order valence-electron chi connectivity index (χ3n) is 4.33. The fraction of sp³-hybridized carbons (Fsp3) is 0.412. The average Bonchev–Trinajstić information content (AvgIpc) is 3.05. The van der Waals surface area contributed by atoms with Gasteiger partial charge < -0.3 is 15.5 Å². The summed E-state index contributed by atoms with van der Waals surface area (Å²) in [5.74, 6) is 2.16. The SMILES string of the molecule is Cc1cc(C(C)NC(=O)Cc2c(C)nc3nc(N)nn3c2C)c(C)o1. The zero-order valence-electron chi connectivity index (χ0n) is 15.0. The lowest BCUT2D eigenvalue weighted by molar-refractivity contribution is -0.121. The normalized spacial score (nSPS) is 12.5. The van der Waals surface area contributed by atoms with E-state index in [-0.39, 0.29) is 24.3 Å². The molecule has 0 saturated carbocycles. The Morgan fingerprint density at radius 2 is 2.04 bits per heavy atom. The average molecular weight is 342 g/mol. The molecule has 8 nitrogen and oxygen atoms in total. The molecule has 0 aliphatic carbocycles. The molecule has 8 heteroatoms. The fourth-order valence-corrected chi connectivity index (χ4v) is 3.09. The van der Waals surface area contributed by atoms with E-state index in [4.69, 9.17) is 10.2 Å². The van der Waals surface area contributed by atoms with E-state index in [0.29, 0.717) is 5.78 Å². The van der Waals surface area contributed by atoms with Gasteiger partial charge in [0.2, 0.25) is 11.9 Å². The number of nitrogens with one attached hydrogen (secondary N) is 1. The first-order valence-electron chi connectivity index (χ1n) is 8.11. The van der Waals surface area contributed by atoms with Crippen LogP contribution >= 0.6 is 0 Å². The van der Waals surface area contributed by atoms with Gasteiger partial charge in [0.15, 0.2) is 0 Å². The van der Waals surface area contributed by atoms with Crippen molar-refractivity contribution in [2.45, 2.75) is 47.1 Å². The largest absolute Gasteiger partial charge is 0.466 e. The predicted molar refractivity (Wildman–Crippen MR) is 93.1 cm³/mol. The number of hydrogen-bond acceptors (Lipinski definition) is 6. The number of furan rings is 1. The molecule has 3 rings (SSSR count). The van der Waals surface area contributed by atoms with Gasteiger partial charge in [0.05, 0.1) is 12.5 Å². The van der Waals surface area contributed by atoms with Crippen molar-refractivity contribution in [1.82, 2.24) is 24.9 Å². The van der Waals surface area contributed by atoms with Crippen LogP contribution in [0.1, 0.15) is 47.0 Å². The van der Waals surface area contributed by atoms with E-state index in [2.05, 4.69) is 20.4 Å². The minimum absolute atomic E-state index is 0.0915. The molecule has 0 saturated heterocycles. The van der Waals surface area contributed by atoms with Gasteiger partial charge in [0.25, 0.3) is 5.78 Å². The zero-order valence-corrected chi connectivity index (χ0v) is 15.0. The third kappa shape index (κ3) is 3.19. The van der Waals surface area contributed by atoms with E-state index in [1.807, 2.05) is 40.7 Å². The number of rotatable bonds is 4. The van der Waals surface area contributed by atoms with Crippen LogP contribution in [0.5, 0.6) is 0 Å². The van der Waals surface area contributed by atoms with E-state index < -0.39 is 0 Å². The lowest BCUT2D eigenvalue weighted by Crippen LogP contribution is -2.29. The van der Waals surface area contributed by atoms with Gasteiger partial charge in [-0.1, -0.05) is 0 Å². The number of carbonyl (C=O) groups is 1. The summed E-state index contributed by atoms with van der Waals surface area (Å²) in [5, 5.41) is 7.13. The van der Waals surface area contributed by atoms with Gasteiger partial charge >= 0.3 is 0 Å². The molecule has 1 amide bonds. The number of carbonyl (C=O) groups excluding carboxylic acids is 1. The lowest BCUT2D eigenvalue weighted by Gasteiger charge is -2.15. The molecule has 3 aromatic rings. The first-order chi connectivity index (χ1) is 11.8. The number of anilines is 1. The second kappa shape index (κ2) is 6.19. The van der Waals surface area contributed by atoms with Crippen LogP contribution in [0.3, 0.4) is 0 Å². The molecule has 3 N–H and O–H groups in total. The van der Waals surface area contributed by atoms with Crippen molar-refractivity contribution in [2.24, 2.45) is 0 Å². The van der Waals surface area contributed by atoms with E-state index in [9.17, 15) is 4.79 Å². The van der Waals surface area contributed by atoms with Gasteiger partial charge in [-0.05, 0) is 40.7 Å². The molecule has 0 spiro atoms. The van der Waals surface area contributed by atoms with E-state index in [0.717, 1.165) is 34.0 Å². The third-order valence-corrected chi connectivity index (χ3v) is 4.33. The van der Waals surface area contributed by atoms with Crippen molar-refractivity contribution < 1.29 is 9.21 Å². The number of nitrogen functional groups attached to an aromatic ring is 1. The molecule has 3 aromatic heterocycles. The minimum Gasteiger partial charge on any atom is -0.466 e. The van der Waals surface area contributed by atoms with Gasteiger partial charge in [-0.25, -0.2) is 4.98 Å². The summed E-state index contributed by atoms with van der Waals surface area (Å²) in [6, 6.07) is 1.81. The van der Waals surface area contributed by atoms with Crippen LogP contribution in [0.25, 0.3) is 5.78 Å². The Bertz CT molecular complexity index is 956. The van der Waals surface area contributed by atoms with Gasteiger partial charge in [0.1, 0.15) is 11.5 Å². The summed E-state index contributed by atoms with van der Waals surface area (Å²) in [5.41, 5.74) is 9.00. The van der Waals surface area contributed by atoms with Crippen LogP contribution in [-0.2, 0) is 11.2 Å². The molecular weight excluding hydrogens is 320 g/mol. The summed E-state index contributed by atoms with van der Waals surface area (Å²) >= 11 is 0. The Hall–Kier alpha value is -2.90. The summed E-state index contributed by atoms with van der Waals surface area (Å²) in [4.78, 5) is 21.0. The van der Waals surface area contributed by atoms with Crippen LogP contribution in [0.2, 0.25) is 0 Å². The van der Waals surface area contributed by atoms with Crippen molar-refractivity contribution in [1.29, 1.82) is 0 Å². The summed E-state index contributed by atoms with van der Waals surface area (Å²) in [6.07, 6.45) is 0.209. The Kier molecular flexibility index (Phi) is 4.20. The Balaban J connectivity index is 1.81. The molecule has 0 fully saturated rings. The molecule has 0 aliphatic rings. The summed E-state index contributed by atoms with van der Waals surface area (Å²) in [7, 11) is 0. The van der Waals surface area contributed by atoms with Crippen molar-refractivity contribution >= 4 is 17.6 Å². The molecule has 0 aliphatic heterocycles. The number of hydrogen-bond donors (Lipinski definition) is 2. The second-order valence-corrected chi connectivity index (χ2v) is 6.28. The standard InChI is InChI=1S/C17H22N6O2/c1-8-6-14(12(5)25-8)10(3)19-15(24)7-13-9(2)20-17-21-16(18)22-23(17)11(13)4/h6,10H,7H2,1-5H3,(H2,18,22)(H,19,24). The summed E-state index contributed by atoms with van der Waals surface area (Å²) in [6.45, 7) is 9.46. The van der Waals surface area contributed by atoms with E-state index in [1.165, 1.54) is 0 Å². The smallest absolute Gasteiger partial charge is 0.254 e. The number of amides is 1. The quantitative estimate of drug-likeness (QED) is 0.749.